The van der Waals surface area contributed by atoms with Crippen molar-refractivity contribution in [3.63, 3.8) is 0 Å². The molecule has 3 rings (SSSR count). The van der Waals surface area contributed by atoms with Crippen molar-refractivity contribution in [1.82, 2.24) is 20.4 Å². The number of carbonyl (C=O) groups excluding carboxylic acids is 1. The number of guanidine groups is 1. The fourth-order valence-corrected chi connectivity index (χ4v) is 4.77. The zero-order valence-corrected chi connectivity index (χ0v) is 20.3. The second kappa shape index (κ2) is 12.1. The van der Waals surface area contributed by atoms with Crippen LogP contribution in [0.5, 0.6) is 5.75 Å². The molecule has 2 atom stereocenters. The molecule has 1 aromatic rings. The monoisotopic (exact) mass is 443 g/mol. The number of nitrogens with zero attached hydrogens (tertiary/aromatic N) is 3. The number of aliphatic imine (C=N–C) groups is 1. The second-order valence-corrected chi connectivity index (χ2v) is 9.22. The summed E-state index contributed by atoms with van der Waals surface area (Å²) in [7, 11) is 5.84. The van der Waals surface area contributed by atoms with Gasteiger partial charge in [-0.3, -0.25) is 9.79 Å². The Bertz CT molecular complexity index is 743. The Morgan fingerprint density at radius 1 is 1.19 bits per heavy atom. The summed E-state index contributed by atoms with van der Waals surface area (Å²) in [6.07, 6.45) is 6.78. The van der Waals surface area contributed by atoms with Gasteiger partial charge in [0.15, 0.2) is 5.96 Å². The smallest absolute Gasteiger partial charge is 0.225 e. The van der Waals surface area contributed by atoms with Gasteiger partial charge in [-0.15, -0.1) is 0 Å². The van der Waals surface area contributed by atoms with Gasteiger partial charge in [0.2, 0.25) is 5.91 Å². The van der Waals surface area contributed by atoms with Crippen LogP contribution in [0.25, 0.3) is 0 Å². The molecule has 0 aromatic heterocycles. The van der Waals surface area contributed by atoms with Gasteiger partial charge in [-0.1, -0.05) is 31.4 Å². The fraction of sp³-hybridized carbons (Fsp3) is 0.680. The Labute approximate surface area is 193 Å². The molecule has 2 aliphatic rings. The predicted molar refractivity (Wildman–Crippen MR) is 130 cm³/mol. The summed E-state index contributed by atoms with van der Waals surface area (Å²) >= 11 is 0. The zero-order valence-electron chi connectivity index (χ0n) is 20.3. The zero-order chi connectivity index (χ0) is 22.9. The van der Waals surface area contributed by atoms with E-state index in [0.29, 0.717) is 12.5 Å². The number of nitrogens with one attached hydrogen (secondary N) is 2. The van der Waals surface area contributed by atoms with Crippen molar-refractivity contribution in [2.24, 2.45) is 10.9 Å². The largest absolute Gasteiger partial charge is 0.497 e. The van der Waals surface area contributed by atoms with Crippen LogP contribution in [0.15, 0.2) is 29.3 Å². The molecule has 1 saturated heterocycles. The number of hydrogen-bond donors (Lipinski definition) is 2. The molecule has 7 heteroatoms. The highest BCUT2D eigenvalue weighted by Crippen LogP contribution is 2.27. The molecule has 178 valence electrons. The maximum Gasteiger partial charge on any atom is 0.225 e. The van der Waals surface area contributed by atoms with Gasteiger partial charge in [0.05, 0.1) is 19.7 Å². The van der Waals surface area contributed by atoms with E-state index in [1.807, 2.05) is 12.1 Å². The maximum atomic E-state index is 12.9. The van der Waals surface area contributed by atoms with Crippen LogP contribution in [-0.4, -0.2) is 75.1 Å². The van der Waals surface area contributed by atoms with E-state index >= 15 is 0 Å². The lowest BCUT2D eigenvalue weighted by molar-refractivity contribution is -0.135. The summed E-state index contributed by atoms with van der Waals surface area (Å²) in [5.74, 6) is 2.29. The first-order valence-electron chi connectivity index (χ1n) is 12.2. The van der Waals surface area contributed by atoms with E-state index in [-0.39, 0.29) is 18.0 Å². The molecule has 32 heavy (non-hydrogen) atoms. The van der Waals surface area contributed by atoms with Gasteiger partial charge in [-0.2, -0.15) is 0 Å². The van der Waals surface area contributed by atoms with E-state index in [9.17, 15) is 4.79 Å². The maximum absolute atomic E-state index is 12.9. The number of rotatable bonds is 8. The first-order chi connectivity index (χ1) is 15.5. The van der Waals surface area contributed by atoms with Gasteiger partial charge < -0.3 is 25.2 Å². The van der Waals surface area contributed by atoms with E-state index in [1.54, 1.807) is 7.11 Å². The van der Waals surface area contributed by atoms with Crippen molar-refractivity contribution in [3.05, 3.63) is 29.8 Å². The highest BCUT2D eigenvalue weighted by atomic mass is 16.5. The van der Waals surface area contributed by atoms with E-state index in [0.717, 1.165) is 50.6 Å². The van der Waals surface area contributed by atoms with E-state index in [4.69, 9.17) is 9.73 Å². The topological polar surface area (TPSA) is 69.2 Å². The second-order valence-electron chi connectivity index (χ2n) is 9.22. The summed E-state index contributed by atoms with van der Waals surface area (Å²) < 4.78 is 5.29. The molecule has 0 spiro atoms. The minimum Gasteiger partial charge on any atom is -0.497 e. The molecular weight excluding hydrogens is 402 g/mol. The number of carbonyl (C=O) groups is 1. The van der Waals surface area contributed by atoms with Crippen LogP contribution in [-0.2, 0) is 4.79 Å². The van der Waals surface area contributed by atoms with Crippen LogP contribution in [0.3, 0.4) is 0 Å². The summed E-state index contributed by atoms with van der Waals surface area (Å²) in [4.78, 5) is 22.0. The lowest BCUT2D eigenvalue weighted by Crippen LogP contribution is -2.46. The average Bonchev–Trinajstić information content (AvgIpc) is 3.28. The van der Waals surface area contributed by atoms with Crippen LogP contribution in [0.4, 0.5) is 0 Å². The molecule has 1 amide bonds. The molecule has 1 saturated carbocycles. The first-order valence-corrected chi connectivity index (χ1v) is 12.2. The van der Waals surface area contributed by atoms with Crippen LogP contribution >= 0.6 is 0 Å². The van der Waals surface area contributed by atoms with Gasteiger partial charge in [-0.05, 0) is 58.0 Å². The molecule has 1 heterocycles. The lowest BCUT2D eigenvalue weighted by atomic mass is 9.88. The van der Waals surface area contributed by atoms with Crippen molar-refractivity contribution in [2.45, 2.75) is 57.5 Å². The Kier molecular flexibility index (Phi) is 9.21. The molecule has 0 bridgehead atoms. The molecule has 2 unspecified atom stereocenters. The molecule has 2 fully saturated rings. The number of amides is 1. The predicted octanol–water partition coefficient (Wildman–Crippen LogP) is 3.03. The van der Waals surface area contributed by atoms with Gasteiger partial charge in [0.1, 0.15) is 5.75 Å². The summed E-state index contributed by atoms with van der Waals surface area (Å²) in [5, 5.41) is 6.95. The molecule has 1 aromatic carbocycles. The normalized spacial score (nSPS) is 21.0. The Morgan fingerprint density at radius 2 is 1.91 bits per heavy atom. The molecule has 2 N–H and O–H groups in total. The highest BCUT2D eigenvalue weighted by molar-refractivity contribution is 5.81. The van der Waals surface area contributed by atoms with Crippen molar-refractivity contribution in [1.29, 1.82) is 0 Å². The summed E-state index contributed by atoms with van der Waals surface area (Å²) in [5.41, 5.74) is 1.21. The molecule has 1 aliphatic carbocycles. The average molecular weight is 444 g/mol. The van der Waals surface area contributed by atoms with E-state index < -0.39 is 0 Å². The summed E-state index contributed by atoms with van der Waals surface area (Å²) in [6, 6.07) is 8.62. The number of hydrogen-bond acceptors (Lipinski definition) is 4. The number of methoxy groups -OCH3 is 1. The van der Waals surface area contributed by atoms with Gasteiger partial charge in [0, 0.05) is 31.6 Å². The van der Waals surface area contributed by atoms with Crippen molar-refractivity contribution < 1.29 is 9.53 Å². The lowest BCUT2D eigenvalue weighted by Gasteiger charge is -2.26. The van der Waals surface area contributed by atoms with Crippen LogP contribution < -0.4 is 15.4 Å². The first kappa shape index (κ1) is 24.4. The van der Waals surface area contributed by atoms with Gasteiger partial charge >= 0.3 is 0 Å². The Balaban J connectivity index is 1.59. The Hall–Kier alpha value is -2.28. The van der Waals surface area contributed by atoms with E-state index in [2.05, 4.69) is 53.6 Å². The number of likely N-dealkylation sites (tertiary alicyclic amines) is 1. The Morgan fingerprint density at radius 3 is 2.53 bits per heavy atom. The molecular formula is C25H41N5O2. The number of likely N-dealkylation sites (N-methyl/N-ethyl adjacent to an activating group) is 1. The molecule has 7 nitrogen and oxygen atoms in total. The van der Waals surface area contributed by atoms with Crippen LogP contribution in [0.2, 0.25) is 0 Å². The quantitative estimate of drug-likeness (QED) is 0.477. The summed E-state index contributed by atoms with van der Waals surface area (Å²) in [6.45, 7) is 5.15. The van der Waals surface area contributed by atoms with E-state index in [1.165, 1.54) is 24.8 Å². The minimum absolute atomic E-state index is 0.171. The fourth-order valence-electron chi connectivity index (χ4n) is 4.77. The van der Waals surface area contributed by atoms with Crippen molar-refractivity contribution >= 4 is 11.9 Å². The van der Waals surface area contributed by atoms with Gasteiger partial charge in [-0.25, -0.2) is 0 Å². The van der Waals surface area contributed by atoms with Crippen molar-refractivity contribution in [3.8, 4) is 5.75 Å². The third-order valence-corrected chi connectivity index (χ3v) is 6.69. The third kappa shape index (κ3) is 6.61. The number of benzene rings is 1. The standard InChI is InChI=1S/C25H41N5O2/c1-5-26-25(27-17-23(29(2)3)19-11-13-22(32-4)14-12-19)28-21-15-16-30(18-21)24(31)20-9-7-6-8-10-20/h11-14,20-21,23H,5-10,15-18H2,1-4H3,(H2,26,27,28). The van der Waals surface area contributed by atoms with Gasteiger partial charge in [0.25, 0.3) is 0 Å². The SMILES string of the molecule is CCNC(=NCC(c1ccc(OC)cc1)N(C)C)NC1CCN(C(=O)C2CCCCC2)C1. The van der Waals surface area contributed by atoms with Crippen LogP contribution in [0, 0.1) is 5.92 Å². The molecule has 1 aliphatic heterocycles. The number of ether oxygens (including phenoxy) is 1. The molecule has 0 radical (unpaired) electrons. The third-order valence-electron chi connectivity index (χ3n) is 6.69. The van der Waals surface area contributed by atoms with Crippen molar-refractivity contribution in [2.75, 3.05) is 47.4 Å². The minimum atomic E-state index is 0.171. The highest BCUT2D eigenvalue weighted by Gasteiger charge is 2.31. The van der Waals surface area contributed by atoms with Crippen LogP contribution in [0.1, 0.15) is 57.1 Å².